The first-order chi connectivity index (χ1) is 10.3. The van der Waals surface area contributed by atoms with Crippen LogP contribution in [0.1, 0.15) is 4.88 Å². The van der Waals surface area contributed by atoms with Crippen molar-refractivity contribution in [3.05, 3.63) is 35.8 Å². The predicted molar refractivity (Wildman–Crippen MR) is 81.7 cm³/mol. The molecule has 4 rings (SSSR count). The third-order valence-electron chi connectivity index (χ3n) is 3.41. The summed E-state index contributed by atoms with van der Waals surface area (Å²) in [5.41, 5.74) is 6.66. The molecule has 0 fully saturated rings. The van der Waals surface area contributed by atoms with Crippen molar-refractivity contribution in [3.63, 3.8) is 0 Å². The molecule has 0 spiro atoms. The van der Waals surface area contributed by atoms with Crippen LogP contribution in [0, 0.1) is 0 Å². The van der Waals surface area contributed by atoms with Crippen molar-refractivity contribution in [1.29, 1.82) is 0 Å². The van der Waals surface area contributed by atoms with Gasteiger partial charge < -0.3 is 10.2 Å². The Morgan fingerprint density at radius 3 is 2.90 bits per heavy atom. The van der Waals surface area contributed by atoms with Crippen LogP contribution < -0.4 is 5.73 Å². The molecule has 1 aliphatic rings. The summed E-state index contributed by atoms with van der Waals surface area (Å²) >= 11 is 1.65. The second-order valence-corrected chi connectivity index (χ2v) is 6.02. The maximum Gasteiger partial charge on any atom is 0.184 e. The molecule has 0 saturated carbocycles. The van der Waals surface area contributed by atoms with Crippen LogP contribution in [0.4, 0.5) is 5.82 Å². The second kappa shape index (κ2) is 4.94. The van der Waals surface area contributed by atoms with Crippen LogP contribution in [0.5, 0.6) is 0 Å². The highest BCUT2D eigenvalue weighted by Crippen LogP contribution is 2.30. The molecule has 6 nitrogen and oxygen atoms in total. The minimum absolute atomic E-state index is 0.486. The van der Waals surface area contributed by atoms with E-state index in [-0.39, 0.29) is 0 Å². The van der Waals surface area contributed by atoms with Crippen molar-refractivity contribution in [2.45, 2.75) is 6.54 Å². The number of rotatable bonds is 3. The van der Waals surface area contributed by atoms with E-state index >= 15 is 0 Å². The number of nitrogen functional groups attached to an aromatic ring is 1. The lowest BCUT2D eigenvalue weighted by Crippen LogP contribution is -2.18. The third kappa shape index (κ3) is 2.30. The van der Waals surface area contributed by atoms with Crippen LogP contribution in [-0.4, -0.2) is 32.9 Å². The van der Waals surface area contributed by atoms with Crippen LogP contribution >= 0.6 is 11.3 Å². The average molecular weight is 299 g/mol. The number of oxazole rings is 1. The highest BCUT2D eigenvalue weighted by atomic mass is 32.1. The molecule has 1 aliphatic heterocycles. The van der Waals surface area contributed by atoms with Crippen molar-refractivity contribution >= 4 is 27.4 Å². The highest BCUT2D eigenvalue weighted by molar-refractivity contribution is 7.18. The summed E-state index contributed by atoms with van der Waals surface area (Å²) in [4.78, 5) is 17.4. The number of hydrogen-bond donors (Lipinski definition) is 1. The summed E-state index contributed by atoms with van der Waals surface area (Å²) < 4.78 is 4.97. The van der Waals surface area contributed by atoms with E-state index < -0.39 is 0 Å². The van der Waals surface area contributed by atoms with Crippen LogP contribution in [0.2, 0.25) is 0 Å². The Bertz CT molecular complexity index is 800. The molecule has 4 heterocycles. The molecular formula is C14H13N5OS. The zero-order valence-corrected chi connectivity index (χ0v) is 12.0. The average Bonchev–Trinajstić information content (AvgIpc) is 3.19. The Labute approximate surface area is 124 Å². The van der Waals surface area contributed by atoms with E-state index in [1.807, 2.05) is 0 Å². The molecule has 0 atom stereocenters. The normalized spacial score (nSPS) is 15.2. The molecule has 0 aromatic carbocycles. The lowest BCUT2D eigenvalue weighted by Gasteiger charge is -2.12. The van der Waals surface area contributed by atoms with Gasteiger partial charge in [-0.05, 0) is 6.07 Å². The van der Waals surface area contributed by atoms with Crippen LogP contribution in [0.3, 0.4) is 0 Å². The Hall–Kier alpha value is -2.25. The number of nitrogens with two attached hydrogens (primary N) is 1. The number of anilines is 1. The molecule has 21 heavy (non-hydrogen) atoms. The monoisotopic (exact) mass is 299 g/mol. The standard InChI is InChI=1S/C14H13N5OS/c15-12-10-5-9(6-19-3-1-2-4-19)21-14(10)18-13(17-12)11-7-20-8-16-11/h1-2,5,7-8H,3-4,6H2,(H2,15,17,18). The number of fused-ring (bicyclic) bond motifs is 1. The number of hydrogen-bond acceptors (Lipinski definition) is 7. The summed E-state index contributed by atoms with van der Waals surface area (Å²) in [6, 6.07) is 2.08. The fourth-order valence-electron chi connectivity index (χ4n) is 2.38. The Balaban J connectivity index is 1.71. The van der Waals surface area contributed by atoms with E-state index in [1.165, 1.54) is 17.5 Å². The molecule has 2 N–H and O–H groups in total. The summed E-state index contributed by atoms with van der Waals surface area (Å²) in [6.45, 7) is 2.91. The molecule has 0 saturated heterocycles. The molecule has 0 radical (unpaired) electrons. The second-order valence-electron chi connectivity index (χ2n) is 4.90. The highest BCUT2D eigenvalue weighted by Gasteiger charge is 2.14. The van der Waals surface area contributed by atoms with Crippen LogP contribution in [-0.2, 0) is 6.54 Å². The molecule has 3 aromatic rings. The Morgan fingerprint density at radius 1 is 1.29 bits per heavy atom. The predicted octanol–water partition coefficient (Wildman–Crippen LogP) is 2.30. The molecule has 7 heteroatoms. The third-order valence-corrected chi connectivity index (χ3v) is 4.42. The van der Waals surface area contributed by atoms with Gasteiger partial charge in [0, 0.05) is 24.5 Å². The quantitative estimate of drug-likeness (QED) is 0.747. The van der Waals surface area contributed by atoms with Crippen molar-refractivity contribution < 1.29 is 4.42 Å². The van der Waals surface area contributed by atoms with Crippen molar-refractivity contribution in [2.75, 3.05) is 18.8 Å². The van der Waals surface area contributed by atoms with Gasteiger partial charge in [-0.3, -0.25) is 4.90 Å². The molecule has 0 unspecified atom stereocenters. The minimum Gasteiger partial charge on any atom is -0.451 e. The zero-order chi connectivity index (χ0) is 14.2. The fourth-order valence-corrected chi connectivity index (χ4v) is 3.46. The molecule has 0 amide bonds. The van der Waals surface area contributed by atoms with Gasteiger partial charge in [0.25, 0.3) is 0 Å². The summed E-state index contributed by atoms with van der Waals surface area (Å²) in [5, 5.41) is 0.911. The number of thiophene rings is 1. The lowest BCUT2D eigenvalue weighted by molar-refractivity contribution is 0.348. The first-order valence-corrected chi connectivity index (χ1v) is 7.43. The Kier molecular flexibility index (Phi) is 2.94. The van der Waals surface area contributed by atoms with Gasteiger partial charge in [-0.1, -0.05) is 12.2 Å². The molecular weight excluding hydrogens is 286 g/mol. The summed E-state index contributed by atoms with van der Waals surface area (Å²) in [6.07, 6.45) is 7.25. The minimum atomic E-state index is 0.486. The van der Waals surface area contributed by atoms with E-state index in [2.05, 4.69) is 38.1 Å². The fraction of sp³-hybridized carbons (Fsp3) is 0.214. The van der Waals surface area contributed by atoms with Crippen molar-refractivity contribution in [3.8, 4) is 11.5 Å². The maximum absolute atomic E-state index is 6.06. The molecule has 0 aliphatic carbocycles. The number of nitrogens with zero attached hydrogens (tertiary/aromatic N) is 4. The summed E-state index contributed by atoms with van der Waals surface area (Å²) in [5.74, 6) is 0.991. The SMILES string of the molecule is Nc1nc(-c2cocn2)nc2sc(CN3CC=CC3)cc12. The first-order valence-electron chi connectivity index (χ1n) is 6.61. The van der Waals surface area contributed by atoms with Gasteiger partial charge in [-0.15, -0.1) is 11.3 Å². The van der Waals surface area contributed by atoms with Gasteiger partial charge in [-0.25, -0.2) is 15.0 Å². The molecule has 0 bridgehead atoms. The summed E-state index contributed by atoms with van der Waals surface area (Å²) in [7, 11) is 0. The molecule has 3 aromatic heterocycles. The largest absolute Gasteiger partial charge is 0.451 e. The van der Waals surface area contributed by atoms with E-state index in [0.717, 1.165) is 29.9 Å². The lowest BCUT2D eigenvalue weighted by atomic mass is 10.3. The van der Waals surface area contributed by atoms with E-state index in [4.69, 9.17) is 10.2 Å². The van der Waals surface area contributed by atoms with Crippen molar-refractivity contribution in [2.24, 2.45) is 0 Å². The molecule has 106 valence electrons. The van der Waals surface area contributed by atoms with Gasteiger partial charge in [0.15, 0.2) is 12.2 Å². The smallest absolute Gasteiger partial charge is 0.184 e. The van der Waals surface area contributed by atoms with Crippen LogP contribution in [0.15, 0.2) is 35.3 Å². The van der Waals surface area contributed by atoms with Crippen molar-refractivity contribution in [1.82, 2.24) is 19.9 Å². The van der Waals surface area contributed by atoms with Gasteiger partial charge in [0.05, 0.1) is 5.39 Å². The van der Waals surface area contributed by atoms with Gasteiger partial charge in [0.2, 0.25) is 0 Å². The van der Waals surface area contributed by atoms with E-state index in [1.54, 1.807) is 11.3 Å². The topological polar surface area (TPSA) is 81.1 Å². The van der Waals surface area contributed by atoms with E-state index in [0.29, 0.717) is 17.3 Å². The van der Waals surface area contributed by atoms with Gasteiger partial charge in [-0.2, -0.15) is 0 Å². The van der Waals surface area contributed by atoms with E-state index in [9.17, 15) is 0 Å². The zero-order valence-electron chi connectivity index (χ0n) is 11.2. The number of aromatic nitrogens is 3. The maximum atomic E-state index is 6.06. The van der Waals surface area contributed by atoms with Crippen LogP contribution in [0.25, 0.3) is 21.7 Å². The van der Waals surface area contributed by atoms with Gasteiger partial charge >= 0.3 is 0 Å². The Morgan fingerprint density at radius 2 is 2.14 bits per heavy atom. The van der Waals surface area contributed by atoms with Gasteiger partial charge in [0.1, 0.15) is 22.6 Å². The first kappa shape index (κ1) is 12.5.